The number of carboxylic acid groups (broad SMARTS) is 1. The van der Waals surface area contributed by atoms with Gasteiger partial charge in [0.2, 0.25) is 5.91 Å². The van der Waals surface area contributed by atoms with E-state index in [4.69, 9.17) is 9.47 Å². The fraction of sp³-hybridized carbons (Fsp3) is 0.333. The molecule has 1 saturated carbocycles. The fourth-order valence-electron chi connectivity index (χ4n) is 3.52. The maximum Gasteiger partial charge on any atom is 0.339 e. The zero-order valence-corrected chi connectivity index (χ0v) is 15.0. The first-order chi connectivity index (χ1) is 13.0. The zero-order chi connectivity index (χ0) is 19.0. The fourth-order valence-corrected chi connectivity index (χ4v) is 3.52. The standard InChI is InChI=1S/C21H21NO5/c1-2-12(13-7-8-13)9-19(23)22-14-10-15(21(24)25)20-18(11-14)26-16-5-3-4-6-17(16)27-20/h3-6,10-13H,2,7-9H2,1H3,(H,22,23)(H,24,25). The van der Waals surface area contributed by atoms with Gasteiger partial charge in [-0.3, -0.25) is 4.79 Å². The van der Waals surface area contributed by atoms with E-state index < -0.39 is 5.97 Å². The van der Waals surface area contributed by atoms with Gasteiger partial charge in [-0.25, -0.2) is 4.79 Å². The maximum absolute atomic E-state index is 12.4. The second-order valence-corrected chi connectivity index (χ2v) is 7.07. The first-order valence-electron chi connectivity index (χ1n) is 9.21. The maximum atomic E-state index is 12.4. The van der Waals surface area contributed by atoms with Crippen LogP contribution in [-0.4, -0.2) is 17.0 Å². The predicted octanol–water partition coefficient (Wildman–Crippen LogP) is 5.05. The molecule has 1 unspecified atom stereocenters. The van der Waals surface area contributed by atoms with Gasteiger partial charge in [0.1, 0.15) is 5.56 Å². The third-order valence-electron chi connectivity index (χ3n) is 5.11. The molecule has 140 valence electrons. The second-order valence-electron chi connectivity index (χ2n) is 7.07. The van der Waals surface area contributed by atoms with E-state index in [1.165, 1.54) is 18.9 Å². The molecule has 2 aromatic carbocycles. The lowest BCUT2D eigenvalue weighted by molar-refractivity contribution is -0.117. The minimum Gasteiger partial charge on any atom is -0.478 e. The van der Waals surface area contributed by atoms with Crippen molar-refractivity contribution in [2.75, 3.05) is 5.32 Å². The lowest BCUT2D eigenvalue weighted by Crippen LogP contribution is -2.18. The highest BCUT2D eigenvalue weighted by molar-refractivity contribution is 5.97. The summed E-state index contributed by atoms with van der Waals surface area (Å²) in [5, 5.41) is 12.4. The quantitative estimate of drug-likeness (QED) is 0.637. The topological polar surface area (TPSA) is 84.9 Å². The molecule has 2 N–H and O–H groups in total. The van der Waals surface area contributed by atoms with Crippen LogP contribution in [0, 0.1) is 11.8 Å². The van der Waals surface area contributed by atoms with Crippen LogP contribution in [0.5, 0.6) is 23.0 Å². The van der Waals surface area contributed by atoms with Gasteiger partial charge in [-0.15, -0.1) is 0 Å². The number of ether oxygens (including phenoxy) is 2. The number of hydrogen-bond acceptors (Lipinski definition) is 4. The number of amides is 1. The third-order valence-corrected chi connectivity index (χ3v) is 5.11. The molecule has 6 nitrogen and oxygen atoms in total. The molecule has 0 bridgehead atoms. The minimum atomic E-state index is -1.14. The van der Waals surface area contributed by atoms with Crippen molar-refractivity contribution in [2.24, 2.45) is 11.8 Å². The number of para-hydroxylation sites is 2. The van der Waals surface area contributed by atoms with E-state index in [2.05, 4.69) is 12.2 Å². The molecule has 1 atom stereocenters. The van der Waals surface area contributed by atoms with Crippen molar-refractivity contribution in [3.8, 4) is 23.0 Å². The Morgan fingerprint density at radius 2 is 1.85 bits per heavy atom. The summed E-state index contributed by atoms with van der Waals surface area (Å²) >= 11 is 0. The summed E-state index contributed by atoms with van der Waals surface area (Å²) < 4.78 is 11.5. The summed E-state index contributed by atoms with van der Waals surface area (Å²) in [6, 6.07) is 10.1. The molecule has 1 amide bonds. The van der Waals surface area contributed by atoms with Crippen LogP contribution in [0.1, 0.15) is 43.0 Å². The number of carbonyl (C=O) groups excluding carboxylic acids is 1. The Bertz CT molecular complexity index is 903. The summed E-state index contributed by atoms with van der Waals surface area (Å²) in [6.45, 7) is 2.10. The number of carbonyl (C=O) groups is 2. The monoisotopic (exact) mass is 367 g/mol. The molecule has 1 aliphatic carbocycles. The summed E-state index contributed by atoms with van der Waals surface area (Å²) in [7, 11) is 0. The van der Waals surface area contributed by atoms with Crippen molar-refractivity contribution in [1.82, 2.24) is 0 Å². The second kappa shape index (κ2) is 6.95. The number of aromatic carboxylic acids is 1. The van der Waals surface area contributed by atoms with Crippen molar-refractivity contribution in [3.05, 3.63) is 42.0 Å². The number of anilines is 1. The molecule has 6 heteroatoms. The van der Waals surface area contributed by atoms with E-state index >= 15 is 0 Å². The summed E-state index contributed by atoms with van der Waals surface area (Å²) in [5.74, 6) is 1.16. The molecule has 0 radical (unpaired) electrons. The first kappa shape index (κ1) is 17.4. The third kappa shape index (κ3) is 3.60. The van der Waals surface area contributed by atoms with Crippen LogP contribution in [0.2, 0.25) is 0 Å². The van der Waals surface area contributed by atoms with Gasteiger partial charge in [0, 0.05) is 18.2 Å². The largest absolute Gasteiger partial charge is 0.478 e. The van der Waals surface area contributed by atoms with Gasteiger partial charge in [-0.05, 0) is 42.9 Å². The Morgan fingerprint density at radius 3 is 2.48 bits per heavy atom. The van der Waals surface area contributed by atoms with Crippen LogP contribution >= 0.6 is 0 Å². The molecule has 1 heterocycles. The summed E-state index contributed by atoms with van der Waals surface area (Å²) in [5.41, 5.74) is 0.344. The molecule has 0 aromatic heterocycles. The van der Waals surface area contributed by atoms with Crippen LogP contribution in [-0.2, 0) is 4.79 Å². The molecule has 27 heavy (non-hydrogen) atoms. The highest BCUT2D eigenvalue weighted by Crippen LogP contribution is 2.48. The molecule has 1 fully saturated rings. The van der Waals surface area contributed by atoms with Crippen molar-refractivity contribution in [1.29, 1.82) is 0 Å². The average molecular weight is 367 g/mol. The number of hydrogen-bond donors (Lipinski definition) is 2. The van der Waals surface area contributed by atoms with E-state index in [9.17, 15) is 14.7 Å². The lowest BCUT2D eigenvalue weighted by atomic mass is 9.96. The van der Waals surface area contributed by atoms with Gasteiger partial charge in [0.15, 0.2) is 23.0 Å². The van der Waals surface area contributed by atoms with Gasteiger partial charge in [0.25, 0.3) is 0 Å². The molecule has 0 spiro atoms. The molecule has 2 aromatic rings. The Morgan fingerprint density at radius 1 is 1.15 bits per heavy atom. The number of nitrogens with one attached hydrogen (secondary N) is 1. The van der Waals surface area contributed by atoms with Gasteiger partial charge in [0.05, 0.1) is 0 Å². The Labute approximate surface area is 157 Å². The van der Waals surface area contributed by atoms with Crippen molar-refractivity contribution >= 4 is 17.6 Å². The number of rotatable bonds is 6. The Kier molecular flexibility index (Phi) is 4.48. The van der Waals surface area contributed by atoms with Gasteiger partial charge < -0.3 is 19.9 Å². The van der Waals surface area contributed by atoms with Gasteiger partial charge in [-0.1, -0.05) is 25.5 Å². The molecule has 4 rings (SSSR count). The molecule has 0 saturated heterocycles. The van der Waals surface area contributed by atoms with Crippen molar-refractivity contribution in [2.45, 2.75) is 32.6 Å². The Balaban J connectivity index is 1.58. The normalized spacial score (nSPS) is 15.6. The molecular weight excluding hydrogens is 346 g/mol. The first-order valence-corrected chi connectivity index (χ1v) is 9.21. The highest BCUT2D eigenvalue weighted by Gasteiger charge is 2.31. The summed E-state index contributed by atoms with van der Waals surface area (Å²) in [6.07, 6.45) is 3.80. The van der Waals surface area contributed by atoms with E-state index in [-0.39, 0.29) is 23.0 Å². The predicted molar refractivity (Wildman–Crippen MR) is 99.7 cm³/mol. The number of carboxylic acids is 1. The summed E-state index contributed by atoms with van der Waals surface area (Å²) in [4.78, 5) is 24.1. The van der Waals surface area contributed by atoms with E-state index in [1.54, 1.807) is 30.3 Å². The highest BCUT2D eigenvalue weighted by atomic mass is 16.6. The van der Waals surface area contributed by atoms with Gasteiger partial charge in [-0.2, -0.15) is 0 Å². The van der Waals surface area contributed by atoms with Gasteiger partial charge >= 0.3 is 5.97 Å². The van der Waals surface area contributed by atoms with E-state index in [1.807, 2.05) is 0 Å². The Hall–Kier alpha value is -3.02. The molecule has 2 aliphatic rings. The van der Waals surface area contributed by atoms with Crippen LogP contribution in [0.3, 0.4) is 0 Å². The van der Waals surface area contributed by atoms with Crippen LogP contribution in [0.15, 0.2) is 36.4 Å². The lowest BCUT2D eigenvalue weighted by Gasteiger charge is -2.23. The number of benzene rings is 2. The molecular formula is C21H21NO5. The smallest absolute Gasteiger partial charge is 0.339 e. The minimum absolute atomic E-state index is 0.0495. The van der Waals surface area contributed by atoms with Crippen molar-refractivity contribution < 1.29 is 24.2 Å². The van der Waals surface area contributed by atoms with E-state index in [0.29, 0.717) is 35.4 Å². The molecule has 1 aliphatic heterocycles. The number of fused-ring (bicyclic) bond motifs is 2. The zero-order valence-electron chi connectivity index (χ0n) is 15.0. The van der Waals surface area contributed by atoms with Crippen LogP contribution < -0.4 is 14.8 Å². The average Bonchev–Trinajstić information content (AvgIpc) is 3.49. The van der Waals surface area contributed by atoms with Crippen LogP contribution in [0.25, 0.3) is 0 Å². The van der Waals surface area contributed by atoms with E-state index in [0.717, 1.165) is 6.42 Å². The van der Waals surface area contributed by atoms with Crippen molar-refractivity contribution in [3.63, 3.8) is 0 Å². The van der Waals surface area contributed by atoms with Crippen LogP contribution in [0.4, 0.5) is 5.69 Å². The SMILES string of the molecule is CCC(CC(=O)Nc1cc2c(c(C(=O)O)c1)Oc1ccccc1O2)C1CC1.